The number of aliphatic hydroxyl groups excluding tert-OH is 1. The number of aryl methyl sites for hydroxylation is 1. The van der Waals surface area contributed by atoms with Crippen molar-refractivity contribution in [3.8, 4) is 11.4 Å². The van der Waals surface area contributed by atoms with Crippen molar-refractivity contribution in [3.05, 3.63) is 94.3 Å². The Kier molecular flexibility index (Phi) is 10.9. The molecule has 13 heteroatoms. The number of unbranched alkanes of at least 4 members (excludes halogenated alkanes) is 1. The van der Waals surface area contributed by atoms with E-state index < -0.39 is 42.1 Å². The van der Waals surface area contributed by atoms with E-state index in [1.165, 1.54) is 24.3 Å². The summed E-state index contributed by atoms with van der Waals surface area (Å²) in [6.07, 6.45) is 1.30. The van der Waals surface area contributed by atoms with Gasteiger partial charge in [-0.1, -0.05) is 57.5 Å². The monoisotopic (exact) mass is 606 g/mol. The summed E-state index contributed by atoms with van der Waals surface area (Å²) in [5.41, 5.74) is 0.138. The van der Waals surface area contributed by atoms with Crippen molar-refractivity contribution >= 4 is 17.7 Å². The van der Waals surface area contributed by atoms with Crippen molar-refractivity contribution in [2.24, 2.45) is 5.92 Å². The maximum atomic E-state index is 13.6. The lowest BCUT2D eigenvalue weighted by atomic mass is 9.98. The molecule has 0 spiro atoms. The average molecular weight is 607 g/mol. The minimum Gasteiger partial charge on any atom is -0.444 e. The Morgan fingerprint density at radius 2 is 1.82 bits per heavy atom. The number of nitrogens with zero attached hydrogens (tertiary/aromatic N) is 4. The van der Waals surface area contributed by atoms with E-state index in [0.29, 0.717) is 17.9 Å². The Hall–Kier alpha value is -4.91. The first-order valence-electron chi connectivity index (χ1n) is 14.3. The van der Waals surface area contributed by atoms with Crippen molar-refractivity contribution < 1.29 is 28.2 Å². The first-order chi connectivity index (χ1) is 21.2. The summed E-state index contributed by atoms with van der Waals surface area (Å²) >= 11 is 0. The van der Waals surface area contributed by atoms with Crippen LogP contribution >= 0.6 is 0 Å². The zero-order valence-electron chi connectivity index (χ0n) is 24.7. The Morgan fingerprint density at radius 3 is 2.50 bits per heavy atom. The molecule has 3 N–H and O–H groups in total. The fourth-order valence-corrected chi connectivity index (χ4v) is 4.38. The molecule has 0 saturated heterocycles. The number of carbonyl (C=O) groups excluding carboxylic acids is 2. The summed E-state index contributed by atoms with van der Waals surface area (Å²) in [6, 6.07) is 13.4. The van der Waals surface area contributed by atoms with Crippen LogP contribution in [0.25, 0.3) is 11.4 Å². The van der Waals surface area contributed by atoms with Gasteiger partial charge in [-0.15, -0.1) is 10.2 Å². The highest BCUT2D eigenvalue weighted by Gasteiger charge is 2.30. The third-order valence-electron chi connectivity index (χ3n) is 6.77. The Bertz CT molecular complexity index is 1610. The SMILES string of the molecule is CCCCc1nnc(C(O)[C@@H](NC(=O)Cn2c(-c3ccc(F)cc3)ncc(NC(=O)OCc3ccccc3)c2=O)C(C)C)o1. The standard InChI is InChI=1S/C31H35FN6O6/c1-4-5-11-25-36-37-29(44-25)27(40)26(19(2)3)35-24(39)17-38-28(21-12-14-22(32)15-13-21)33-16-23(30(38)41)34-31(42)43-18-20-9-7-6-8-10-20/h6-10,12-16,19,26-27,40H,4-5,11,17-18H2,1-3H3,(H,34,42)(H,35,39)/t26-,27?/m0/s1. The predicted octanol–water partition coefficient (Wildman–Crippen LogP) is 4.40. The lowest BCUT2D eigenvalue weighted by Crippen LogP contribution is -2.45. The fraction of sp³-hybridized carbons (Fsp3) is 0.355. The van der Waals surface area contributed by atoms with Crippen LogP contribution in [0.15, 0.2) is 70.0 Å². The van der Waals surface area contributed by atoms with Gasteiger partial charge in [0, 0.05) is 12.0 Å². The second-order valence-electron chi connectivity index (χ2n) is 10.5. The van der Waals surface area contributed by atoms with E-state index in [0.717, 1.165) is 29.2 Å². The van der Waals surface area contributed by atoms with Crippen LogP contribution in [0.5, 0.6) is 0 Å². The number of aromatic nitrogens is 4. The molecular formula is C31H35FN6O6. The zero-order chi connectivity index (χ0) is 31.6. The van der Waals surface area contributed by atoms with E-state index in [4.69, 9.17) is 9.15 Å². The first-order valence-corrected chi connectivity index (χ1v) is 14.3. The van der Waals surface area contributed by atoms with E-state index in [-0.39, 0.29) is 29.9 Å². The summed E-state index contributed by atoms with van der Waals surface area (Å²) in [5.74, 6) is -0.965. The number of ether oxygens (including phenoxy) is 1. The molecule has 0 bridgehead atoms. The van der Waals surface area contributed by atoms with Gasteiger partial charge in [0.15, 0.2) is 6.10 Å². The molecule has 232 valence electrons. The first kappa shape index (κ1) is 32.0. The molecule has 4 aromatic rings. The number of halogens is 1. The van der Waals surface area contributed by atoms with Crippen LogP contribution in [0.4, 0.5) is 14.9 Å². The summed E-state index contributed by atoms with van der Waals surface area (Å²) in [4.78, 5) is 43.7. The van der Waals surface area contributed by atoms with E-state index in [1.54, 1.807) is 38.1 Å². The molecule has 44 heavy (non-hydrogen) atoms. The number of rotatable bonds is 13. The molecule has 1 unspecified atom stereocenters. The number of anilines is 1. The third kappa shape index (κ3) is 8.34. The summed E-state index contributed by atoms with van der Waals surface area (Å²) < 4.78 is 25.5. The Balaban J connectivity index is 1.56. The molecule has 4 rings (SSSR count). The van der Waals surface area contributed by atoms with Crippen molar-refractivity contribution in [3.63, 3.8) is 0 Å². The molecule has 2 heterocycles. The van der Waals surface area contributed by atoms with Crippen LogP contribution < -0.4 is 16.2 Å². The smallest absolute Gasteiger partial charge is 0.412 e. The van der Waals surface area contributed by atoms with Gasteiger partial charge in [-0.3, -0.25) is 19.5 Å². The van der Waals surface area contributed by atoms with Crippen molar-refractivity contribution in [1.29, 1.82) is 0 Å². The normalized spacial score (nSPS) is 12.5. The van der Waals surface area contributed by atoms with Gasteiger partial charge in [-0.2, -0.15) is 0 Å². The number of benzene rings is 2. The highest BCUT2D eigenvalue weighted by atomic mass is 19.1. The molecule has 2 aromatic heterocycles. The largest absolute Gasteiger partial charge is 0.444 e. The molecule has 2 aromatic carbocycles. The van der Waals surface area contributed by atoms with Gasteiger partial charge in [0.05, 0.1) is 12.2 Å². The summed E-state index contributed by atoms with van der Waals surface area (Å²) in [5, 5.41) is 24.1. The highest BCUT2D eigenvalue weighted by Crippen LogP contribution is 2.22. The van der Waals surface area contributed by atoms with Gasteiger partial charge in [0.25, 0.3) is 5.56 Å². The van der Waals surface area contributed by atoms with Gasteiger partial charge in [-0.05, 0) is 42.2 Å². The molecule has 0 aliphatic heterocycles. The number of hydrogen-bond donors (Lipinski definition) is 3. The molecule has 0 radical (unpaired) electrons. The third-order valence-corrected chi connectivity index (χ3v) is 6.77. The van der Waals surface area contributed by atoms with Gasteiger partial charge in [-0.25, -0.2) is 14.2 Å². The molecule has 2 amide bonds. The minimum absolute atomic E-state index is 0.0244. The minimum atomic E-state index is -1.30. The molecular weight excluding hydrogens is 571 g/mol. The molecule has 0 aliphatic rings. The van der Waals surface area contributed by atoms with Gasteiger partial charge in [0.1, 0.15) is 30.5 Å². The van der Waals surface area contributed by atoms with Crippen molar-refractivity contribution in [1.82, 2.24) is 25.1 Å². The number of carbonyl (C=O) groups is 2. The van der Waals surface area contributed by atoms with Crippen LogP contribution in [0.3, 0.4) is 0 Å². The molecule has 2 atom stereocenters. The highest BCUT2D eigenvalue weighted by molar-refractivity contribution is 5.84. The van der Waals surface area contributed by atoms with E-state index >= 15 is 0 Å². The molecule has 12 nitrogen and oxygen atoms in total. The topological polar surface area (TPSA) is 161 Å². The lowest BCUT2D eigenvalue weighted by Gasteiger charge is -2.26. The Labute approximate surface area is 253 Å². The fourth-order valence-electron chi connectivity index (χ4n) is 4.38. The van der Waals surface area contributed by atoms with E-state index in [2.05, 4.69) is 25.8 Å². The van der Waals surface area contributed by atoms with Crippen LogP contribution in [0, 0.1) is 11.7 Å². The van der Waals surface area contributed by atoms with Gasteiger partial charge < -0.3 is 19.6 Å². The average Bonchev–Trinajstić information content (AvgIpc) is 3.49. The molecule has 0 aliphatic carbocycles. The number of nitrogens with one attached hydrogen (secondary N) is 2. The molecule has 0 saturated carbocycles. The maximum absolute atomic E-state index is 13.6. The second kappa shape index (κ2) is 15.0. The van der Waals surface area contributed by atoms with Crippen molar-refractivity contribution in [2.75, 3.05) is 5.32 Å². The van der Waals surface area contributed by atoms with Gasteiger partial charge >= 0.3 is 6.09 Å². The number of aliphatic hydroxyl groups is 1. The van der Waals surface area contributed by atoms with E-state index in [9.17, 15) is 23.9 Å². The predicted molar refractivity (Wildman–Crippen MR) is 159 cm³/mol. The quantitative estimate of drug-likeness (QED) is 0.200. The lowest BCUT2D eigenvalue weighted by molar-refractivity contribution is -0.124. The molecule has 0 fully saturated rings. The van der Waals surface area contributed by atoms with Crippen LogP contribution in [0.2, 0.25) is 0 Å². The summed E-state index contributed by atoms with van der Waals surface area (Å²) in [7, 11) is 0. The second-order valence-corrected chi connectivity index (χ2v) is 10.5. The van der Waals surface area contributed by atoms with Gasteiger partial charge in [0.2, 0.25) is 17.7 Å². The zero-order valence-corrected chi connectivity index (χ0v) is 24.7. The maximum Gasteiger partial charge on any atom is 0.412 e. The number of hydrogen-bond acceptors (Lipinski definition) is 9. The Morgan fingerprint density at radius 1 is 1.09 bits per heavy atom. The van der Waals surface area contributed by atoms with Crippen molar-refractivity contribution in [2.45, 2.75) is 65.3 Å². The van der Waals surface area contributed by atoms with Crippen LogP contribution in [-0.4, -0.2) is 42.9 Å². The van der Waals surface area contributed by atoms with Crippen LogP contribution in [0.1, 0.15) is 57.1 Å². The number of amides is 2. The van der Waals surface area contributed by atoms with Crippen LogP contribution in [-0.2, 0) is 29.1 Å². The van der Waals surface area contributed by atoms with E-state index in [1.807, 2.05) is 13.0 Å². The summed E-state index contributed by atoms with van der Waals surface area (Å²) in [6.45, 7) is 5.07.